The second-order valence-electron chi connectivity index (χ2n) is 9.88. The van der Waals surface area contributed by atoms with Crippen molar-refractivity contribution in [1.29, 1.82) is 0 Å². The zero-order valence-electron chi connectivity index (χ0n) is 17.9. The molecular formula is C25H34O3. The van der Waals surface area contributed by atoms with E-state index in [1.54, 1.807) is 6.92 Å². The summed E-state index contributed by atoms with van der Waals surface area (Å²) in [5.74, 6) is 0.0511. The molecule has 0 aromatic rings. The molecule has 0 radical (unpaired) electrons. The van der Waals surface area contributed by atoms with E-state index in [1.807, 2.05) is 6.08 Å². The highest BCUT2D eigenvalue weighted by molar-refractivity contribution is 5.94. The number of fused-ring (bicyclic) bond motifs is 2. The van der Waals surface area contributed by atoms with Crippen molar-refractivity contribution in [3.05, 3.63) is 47.1 Å². The SMILES string of the molecule is CC(C)=C/C=C/[C@H](C)C1=CC[C@]2(C)C[C@H]3[C@H](C(=O)C[C@@]3(C)O)/C(C=O)=C\C[C@@H]12. The molecule has 0 aromatic carbocycles. The Bertz CT molecular complexity index is 776. The Morgan fingerprint density at radius 2 is 2.00 bits per heavy atom. The first-order valence-electron chi connectivity index (χ1n) is 10.5. The Labute approximate surface area is 169 Å². The normalized spacial score (nSPS) is 40.6. The van der Waals surface area contributed by atoms with Crippen molar-refractivity contribution in [2.75, 3.05) is 0 Å². The van der Waals surface area contributed by atoms with Gasteiger partial charge in [0.15, 0.2) is 0 Å². The molecule has 3 rings (SSSR count). The topological polar surface area (TPSA) is 54.4 Å². The van der Waals surface area contributed by atoms with Crippen LogP contribution in [0.4, 0.5) is 0 Å². The minimum atomic E-state index is -1.04. The molecule has 3 aliphatic rings. The van der Waals surface area contributed by atoms with Gasteiger partial charge in [-0.2, -0.15) is 0 Å². The van der Waals surface area contributed by atoms with Gasteiger partial charge in [-0.25, -0.2) is 0 Å². The molecule has 0 aliphatic heterocycles. The number of allylic oxidation sites excluding steroid dienone is 8. The van der Waals surface area contributed by atoms with Gasteiger partial charge in [-0.1, -0.05) is 55.4 Å². The van der Waals surface area contributed by atoms with E-state index in [0.717, 1.165) is 25.5 Å². The molecule has 6 atom stereocenters. The molecular weight excluding hydrogens is 348 g/mol. The molecule has 0 amide bonds. The first kappa shape index (κ1) is 21.0. The molecule has 0 aromatic heterocycles. The molecule has 0 unspecified atom stereocenters. The van der Waals surface area contributed by atoms with Crippen LogP contribution in [0.15, 0.2) is 47.1 Å². The monoisotopic (exact) mass is 382 g/mol. The summed E-state index contributed by atoms with van der Waals surface area (Å²) >= 11 is 0. The van der Waals surface area contributed by atoms with Crippen LogP contribution in [-0.4, -0.2) is 22.8 Å². The zero-order valence-corrected chi connectivity index (χ0v) is 17.9. The van der Waals surface area contributed by atoms with Gasteiger partial charge < -0.3 is 5.11 Å². The second-order valence-corrected chi connectivity index (χ2v) is 9.88. The van der Waals surface area contributed by atoms with Crippen molar-refractivity contribution in [1.82, 2.24) is 0 Å². The molecule has 1 saturated carbocycles. The summed E-state index contributed by atoms with van der Waals surface area (Å²) in [6, 6.07) is 0. The summed E-state index contributed by atoms with van der Waals surface area (Å²) in [5.41, 5.74) is 2.25. The summed E-state index contributed by atoms with van der Waals surface area (Å²) in [6.07, 6.45) is 14.4. The third-order valence-electron chi connectivity index (χ3n) is 7.25. The van der Waals surface area contributed by atoms with Crippen LogP contribution < -0.4 is 0 Å². The lowest BCUT2D eigenvalue weighted by Gasteiger charge is -2.42. The van der Waals surface area contributed by atoms with Gasteiger partial charge in [0.25, 0.3) is 0 Å². The number of carbonyl (C=O) groups is 2. The quantitative estimate of drug-likeness (QED) is 0.424. The van der Waals surface area contributed by atoms with Crippen LogP contribution in [0.25, 0.3) is 0 Å². The van der Waals surface area contributed by atoms with Gasteiger partial charge in [0.2, 0.25) is 0 Å². The predicted molar refractivity (Wildman–Crippen MR) is 113 cm³/mol. The fourth-order valence-corrected chi connectivity index (χ4v) is 5.65. The summed E-state index contributed by atoms with van der Waals surface area (Å²) in [5, 5.41) is 11.0. The highest BCUT2D eigenvalue weighted by Gasteiger charge is 2.55. The smallest absolute Gasteiger partial charge is 0.146 e. The first-order valence-corrected chi connectivity index (χ1v) is 10.5. The Kier molecular flexibility index (Phi) is 5.69. The number of hydrogen-bond acceptors (Lipinski definition) is 3. The predicted octanol–water partition coefficient (Wildman–Crippen LogP) is 4.97. The van der Waals surface area contributed by atoms with Gasteiger partial charge in [0.1, 0.15) is 12.1 Å². The standard InChI is InChI=1S/C25H34O3/c1-16(2)7-6-8-17(3)19-11-12-24(4)13-21-23(22(27)14-25(21,5)28)18(15-26)9-10-20(19)24/h6-9,11,15,17,20-21,23,28H,10,12-14H2,1-5H3/b8-6+,18-9-/t17-,20-,21-,23+,24+,25+/m0/s1. The number of ketones is 1. The van der Waals surface area contributed by atoms with Crippen LogP contribution in [0.1, 0.15) is 60.3 Å². The van der Waals surface area contributed by atoms with Crippen molar-refractivity contribution in [3.63, 3.8) is 0 Å². The number of aliphatic hydroxyl groups is 1. The summed E-state index contributed by atoms with van der Waals surface area (Å²) in [4.78, 5) is 24.4. The lowest BCUT2D eigenvalue weighted by atomic mass is 9.63. The number of carbonyl (C=O) groups excluding carboxylic acids is 2. The highest BCUT2D eigenvalue weighted by atomic mass is 16.3. The Hall–Kier alpha value is -1.74. The van der Waals surface area contributed by atoms with E-state index < -0.39 is 11.5 Å². The van der Waals surface area contributed by atoms with Crippen molar-refractivity contribution in [3.8, 4) is 0 Å². The molecule has 28 heavy (non-hydrogen) atoms. The van der Waals surface area contributed by atoms with E-state index in [4.69, 9.17) is 0 Å². The van der Waals surface area contributed by atoms with E-state index in [1.165, 1.54) is 11.1 Å². The van der Waals surface area contributed by atoms with E-state index in [0.29, 0.717) is 17.4 Å². The molecule has 0 heterocycles. The van der Waals surface area contributed by atoms with Gasteiger partial charge >= 0.3 is 0 Å². The Balaban J connectivity index is 1.94. The number of hydrogen-bond donors (Lipinski definition) is 1. The number of Topliss-reactive ketones (excluding diaryl/α,β-unsaturated/α-hetero) is 1. The molecule has 1 fully saturated rings. The van der Waals surface area contributed by atoms with Crippen LogP contribution in [-0.2, 0) is 9.59 Å². The molecule has 0 bridgehead atoms. The zero-order chi connectivity index (χ0) is 20.7. The van der Waals surface area contributed by atoms with Crippen LogP contribution in [0.3, 0.4) is 0 Å². The maximum absolute atomic E-state index is 12.6. The van der Waals surface area contributed by atoms with Crippen LogP contribution in [0.5, 0.6) is 0 Å². The Morgan fingerprint density at radius 3 is 2.64 bits per heavy atom. The fraction of sp³-hybridized carbons (Fsp3) is 0.600. The average Bonchev–Trinajstić information content (AvgIpc) is 3.01. The fourth-order valence-electron chi connectivity index (χ4n) is 5.65. The van der Waals surface area contributed by atoms with Crippen molar-refractivity contribution >= 4 is 12.1 Å². The lowest BCUT2D eigenvalue weighted by Crippen LogP contribution is -2.40. The van der Waals surface area contributed by atoms with E-state index in [9.17, 15) is 14.7 Å². The summed E-state index contributed by atoms with van der Waals surface area (Å²) < 4.78 is 0. The molecule has 0 saturated heterocycles. The molecule has 0 spiro atoms. The average molecular weight is 383 g/mol. The maximum atomic E-state index is 12.6. The van der Waals surface area contributed by atoms with Crippen LogP contribution >= 0.6 is 0 Å². The molecule has 3 aliphatic carbocycles. The second kappa shape index (κ2) is 7.59. The maximum Gasteiger partial charge on any atom is 0.146 e. The van der Waals surface area contributed by atoms with Gasteiger partial charge in [0, 0.05) is 12.3 Å². The van der Waals surface area contributed by atoms with Gasteiger partial charge in [0.05, 0.1) is 11.5 Å². The van der Waals surface area contributed by atoms with E-state index in [-0.39, 0.29) is 23.5 Å². The van der Waals surface area contributed by atoms with E-state index >= 15 is 0 Å². The minimum Gasteiger partial charge on any atom is -0.389 e. The number of aldehydes is 1. The molecule has 3 heteroatoms. The lowest BCUT2D eigenvalue weighted by molar-refractivity contribution is -0.121. The van der Waals surface area contributed by atoms with Crippen molar-refractivity contribution < 1.29 is 14.7 Å². The van der Waals surface area contributed by atoms with Crippen LogP contribution in [0.2, 0.25) is 0 Å². The summed E-state index contributed by atoms with van der Waals surface area (Å²) in [7, 11) is 0. The largest absolute Gasteiger partial charge is 0.389 e. The van der Waals surface area contributed by atoms with Gasteiger partial charge in [-0.15, -0.1) is 0 Å². The first-order chi connectivity index (χ1) is 13.1. The molecule has 1 N–H and O–H groups in total. The van der Waals surface area contributed by atoms with E-state index in [2.05, 4.69) is 52.0 Å². The van der Waals surface area contributed by atoms with Crippen molar-refractivity contribution in [2.24, 2.45) is 29.1 Å². The Morgan fingerprint density at radius 1 is 1.29 bits per heavy atom. The minimum absolute atomic E-state index is 0.0103. The number of rotatable bonds is 4. The third-order valence-corrected chi connectivity index (χ3v) is 7.25. The summed E-state index contributed by atoms with van der Waals surface area (Å²) in [6.45, 7) is 10.5. The van der Waals surface area contributed by atoms with Crippen molar-refractivity contribution in [2.45, 2.75) is 65.9 Å². The molecule has 3 nitrogen and oxygen atoms in total. The third kappa shape index (κ3) is 3.74. The molecule has 152 valence electrons. The highest BCUT2D eigenvalue weighted by Crippen LogP contribution is 2.57. The van der Waals surface area contributed by atoms with Crippen LogP contribution in [0, 0.1) is 29.1 Å². The van der Waals surface area contributed by atoms with Gasteiger partial charge in [-0.05, 0) is 62.9 Å². The van der Waals surface area contributed by atoms with Gasteiger partial charge in [-0.3, -0.25) is 9.59 Å².